The number of hydrogen-bond donors (Lipinski definition) is 1. The third-order valence-electron chi connectivity index (χ3n) is 4.40. The van der Waals surface area contributed by atoms with Crippen LogP contribution in [0.1, 0.15) is 32.4 Å². The smallest absolute Gasteiger partial charge is 0.430 e. The van der Waals surface area contributed by atoms with Crippen molar-refractivity contribution < 1.29 is 32.3 Å². The van der Waals surface area contributed by atoms with Crippen molar-refractivity contribution in [1.82, 2.24) is 4.90 Å². The topological polar surface area (TPSA) is 70.8 Å². The Labute approximate surface area is 135 Å². The first kappa shape index (κ1) is 16.8. The summed E-state index contributed by atoms with van der Waals surface area (Å²) in [4.78, 5) is 25.6. The number of Topliss-reactive ketones (excluding diaryl/α,β-unsaturated/α-hetero) is 1. The van der Waals surface area contributed by atoms with Gasteiger partial charge in [0.2, 0.25) is 0 Å². The molecule has 0 aromatic carbocycles. The SMILES string of the molecule is CC1(C)CC(=O)C2=C(C1)N(Cc1ccco1)C(=O)[C@@]2(O)C(F)(F)F. The van der Waals surface area contributed by atoms with Crippen LogP contribution in [-0.2, 0) is 16.1 Å². The predicted octanol–water partition coefficient (Wildman–Crippen LogP) is 2.56. The van der Waals surface area contributed by atoms with Gasteiger partial charge in [-0.25, -0.2) is 0 Å². The highest BCUT2D eigenvalue weighted by molar-refractivity contribution is 6.11. The molecule has 0 saturated carbocycles. The molecule has 3 rings (SSSR count). The second kappa shape index (κ2) is 4.95. The van der Waals surface area contributed by atoms with E-state index in [0.29, 0.717) is 0 Å². The second-order valence-electron chi connectivity index (χ2n) is 6.94. The first-order valence-corrected chi connectivity index (χ1v) is 7.38. The van der Waals surface area contributed by atoms with E-state index in [0.717, 1.165) is 4.90 Å². The van der Waals surface area contributed by atoms with E-state index in [1.165, 1.54) is 18.4 Å². The lowest BCUT2D eigenvalue weighted by atomic mass is 9.73. The van der Waals surface area contributed by atoms with Gasteiger partial charge in [-0.05, 0) is 24.0 Å². The Morgan fingerprint density at radius 2 is 1.96 bits per heavy atom. The number of furan rings is 1. The molecule has 2 aliphatic rings. The van der Waals surface area contributed by atoms with E-state index >= 15 is 0 Å². The summed E-state index contributed by atoms with van der Waals surface area (Å²) in [6, 6.07) is 3.05. The average molecular weight is 343 g/mol. The van der Waals surface area contributed by atoms with Gasteiger partial charge in [0.15, 0.2) is 5.78 Å². The highest BCUT2D eigenvalue weighted by Crippen LogP contribution is 2.51. The molecule has 0 fully saturated rings. The number of halogens is 3. The zero-order valence-corrected chi connectivity index (χ0v) is 13.1. The van der Waals surface area contributed by atoms with Crippen molar-refractivity contribution in [1.29, 1.82) is 0 Å². The lowest BCUT2D eigenvalue weighted by molar-refractivity contribution is -0.238. The molecule has 130 valence electrons. The minimum absolute atomic E-state index is 0.0718. The molecule has 0 radical (unpaired) electrons. The molecule has 1 aromatic heterocycles. The summed E-state index contributed by atoms with van der Waals surface area (Å²) in [7, 11) is 0. The summed E-state index contributed by atoms with van der Waals surface area (Å²) >= 11 is 0. The molecule has 1 N–H and O–H groups in total. The Hall–Kier alpha value is -2.09. The predicted molar refractivity (Wildman–Crippen MR) is 75.3 cm³/mol. The van der Waals surface area contributed by atoms with Crippen LogP contribution in [0.2, 0.25) is 0 Å². The normalized spacial score (nSPS) is 27.0. The Bertz CT molecular complexity index is 733. The number of rotatable bonds is 2. The fourth-order valence-electron chi connectivity index (χ4n) is 3.34. The number of ketones is 1. The van der Waals surface area contributed by atoms with E-state index in [4.69, 9.17) is 4.42 Å². The molecule has 1 aliphatic heterocycles. The maximum Gasteiger partial charge on any atom is 0.430 e. The Kier molecular flexibility index (Phi) is 3.46. The van der Waals surface area contributed by atoms with Crippen LogP contribution in [0.5, 0.6) is 0 Å². The molecule has 2 heterocycles. The van der Waals surface area contributed by atoms with E-state index < -0.39 is 34.5 Å². The van der Waals surface area contributed by atoms with Crippen molar-refractivity contribution in [3.63, 3.8) is 0 Å². The van der Waals surface area contributed by atoms with Crippen LogP contribution in [0.3, 0.4) is 0 Å². The summed E-state index contributed by atoms with van der Waals surface area (Å²) < 4.78 is 45.5. The van der Waals surface area contributed by atoms with Crippen LogP contribution in [0.25, 0.3) is 0 Å². The zero-order valence-electron chi connectivity index (χ0n) is 13.1. The van der Waals surface area contributed by atoms with Gasteiger partial charge in [-0.2, -0.15) is 13.2 Å². The molecule has 5 nitrogen and oxygen atoms in total. The van der Waals surface area contributed by atoms with E-state index in [2.05, 4.69) is 0 Å². The van der Waals surface area contributed by atoms with Crippen molar-refractivity contribution in [3.05, 3.63) is 35.4 Å². The average Bonchev–Trinajstić information content (AvgIpc) is 2.99. The highest BCUT2D eigenvalue weighted by Gasteiger charge is 2.70. The molecule has 24 heavy (non-hydrogen) atoms. The third-order valence-corrected chi connectivity index (χ3v) is 4.40. The monoisotopic (exact) mass is 343 g/mol. The summed E-state index contributed by atoms with van der Waals surface area (Å²) in [6.07, 6.45) is -4.03. The van der Waals surface area contributed by atoms with Crippen LogP contribution in [-0.4, -0.2) is 33.5 Å². The number of nitrogens with zero attached hydrogens (tertiary/aromatic N) is 1. The molecule has 0 spiro atoms. The van der Waals surface area contributed by atoms with Gasteiger partial charge in [0.05, 0.1) is 18.4 Å². The van der Waals surface area contributed by atoms with E-state index in [-0.39, 0.29) is 30.8 Å². The molecule has 1 aliphatic carbocycles. The second-order valence-corrected chi connectivity index (χ2v) is 6.94. The Balaban J connectivity index is 2.14. The minimum atomic E-state index is -5.28. The number of allylic oxidation sites excluding steroid dienone is 1. The molecule has 0 saturated heterocycles. The zero-order chi connectivity index (χ0) is 17.9. The van der Waals surface area contributed by atoms with E-state index in [1.807, 2.05) is 0 Å². The van der Waals surface area contributed by atoms with Gasteiger partial charge in [0, 0.05) is 12.1 Å². The van der Waals surface area contributed by atoms with Gasteiger partial charge in [0.1, 0.15) is 5.76 Å². The third kappa shape index (κ3) is 2.28. The van der Waals surface area contributed by atoms with Crippen LogP contribution in [0.4, 0.5) is 13.2 Å². The van der Waals surface area contributed by atoms with Crippen molar-refractivity contribution in [3.8, 4) is 0 Å². The quantitative estimate of drug-likeness (QED) is 0.896. The molecule has 0 unspecified atom stereocenters. The largest absolute Gasteiger partial charge is 0.467 e. The first-order valence-electron chi connectivity index (χ1n) is 7.38. The van der Waals surface area contributed by atoms with Crippen molar-refractivity contribution in [2.75, 3.05) is 0 Å². The fraction of sp³-hybridized carbons (Fsp3) is 0.500. The van der Waals surface area contributed by atoms with Gasteiger partial charge in [0.25, 0.3) is 11.5 Å². The number of alkyl halides is 3. The first-order chi connectivity index (χ1) is 11.0. The van der Waals surface area contributed by atoms with Gasteiger partial charge in [-0.3, -0.25) is 9.59 Å². The number of carbonyl (C=O) groups is 2. The van der Waals surface area contributed by atoms with E-state index in [1.54, 1.807) is 13.8 Å². The van der Waals surface area contributed by atoms with Gasteiger partial charge >= 0.3 is 6.18 Å². The Morgan fingerprint density at radius 1 is 1.29 bits per heavy atom. The standard InChI is InChI=1S/C16H16F3NO4/c1-14(2)6-10-12(11(21)7-14)15(23,16(17,18)19)13(22)20(10)8-9-4-3-5-24-9/h3-5,23H,6-8H2,1-2H3/t15-/m1/s1. The number of carbonyl (C=O) groups excluding carboxylic acids is 2. The number of hydrogen-bond acceptors (Lipinski definition) is 4. The maximum atomic E-state index is 13.5. The minimum Gasteiger partial charge on any atom is -0.467 e. The molecule has 1 amide bonds. The summed E-state index contributed by atoms with van der Waals surface area (Å²) in [5.41, 5.74) is -5.31. The van der Waals surface area contributed by atoms with E-state index in [9.17, 15) is 27.9 Å². The number of aliphatic hydroxyl groups is 1. The molecule has 1 atom stereocenters. The van der Waals surface area contributed by atoms with Crippen molar-refractivity contribution in [2.24, 2.45) is 5.41 Å². The lowest BCUT2D eigenvalue weighted by Crippen LogP contribution is -2.55. The van der Waals surface area contributed by atoms with Gasteiger partial charge in [-0.1, -0.05) is 13.8 Å². The van der Waals surface area contributed by atoms with Gasteiger partial charge in [-0.15, -0.1) is 0 Å². The maximum absolute atomic E-state index is 13.5. The van der Waals surface area contributed by atoms with Crippen molar-refractivity contribution >= 4 is 11.7 Å². The molecule has 1 aromatic rings. The summed E-state index contributed by atoms with van der Waals surface area (Å²) in [5, 5.41) is 10.2. The summed E-state index contributed by atoms with van der Waals surface area (Å²) in [6.45, 7) is 3.19. The molecule has 8 heteroatoms. The molecular weight excluding hydrogens is 327 g/mol. The van der Waals surface area contributed by atoms with Crippen LogP contribution < -0.4 is 0 Å². The van der Waals surface area contributed by atoms with Crippen LogP contribution in [0, 0.1) is 5.41 Å². The summed E-state index contributed by atoms with van der Waals surface area (Å²) in [5.74, 6) is -2.14. The number of amides is 1. The highest BCUT2D eigenvalue weighted by atomic mass is 19.4. The lowest BCUT2D eigenvalue weighted by Gasteiger charge is -2.33. The molecular formula is C16H16F3NO4. The molecule has 0 bridgehead atoms. The van der Waals surface area contributed by atoms with Crippen molar-refractivity contribution in [2.45, 2.75) is 45.0 Å². The van der Waals surface area contributed by atoms with Gasteiger partial charge < -0.3 is 14.4 Å². The van der Waals surface area contributed by atoms with Crippen LogP contribution in [0.15, 0.2) is 34.1 Å². The fourth-order valence-corrected chi connectivity index (χ4v) is 3.34. The Morgan fingerprint density at radius 3 is 2.50 bits per heavy atom. The van der Waals surface area contributed by atoms with Crippen LogP contribution >= 0.6 is 0 Å².